The lowest BCUT2D eigenvalue weighted by atomic mass is 9.78. The number of amides is 4. The number of benzene rings is 1. The molecule has 11 heteroatoms. The van der Waals surface area contributed by atoms with E-state index in [1.807, 2.05) is 23.1 Å². The number of methoxy groups -OCH3 is 1. The summed E-state index contributed by atoms with van der Waals surface area (Å²) in [6.45, 7) is 5.20. The van der Waals surface area contributed by atoms with Crippen LogP contribution in [0.1, 0.15) is 62.2 Å². The Morgan fingerprint density at radius 2 is 1.68 bits per heavy atom. The van der Waals surface area contributed by atoms with Gasteiger partial charge < -0.3 is 15.0 Å². The number of anilines is 1. The van der Waals surface area contributed by atoms with Gasteiger partial charge in [0.15, 0.2) is 0 Å². The van der Waals surface area contributed by atoms with Crippen molar-refractivity contribution >= 4 is 50.1 Å². The molecule has 0 bridgehead atoms. The van der Waals surface area contributed by atoms with Gasteiger partial charge in [-0.25, -0.2) is 0 Å². The fraction of sp³-hybridized carbons (Fsp3) is 0.586. The highest BCUT2D eigenvalue weighted by molar-refractivity contribution is 7.23. The summed E-state index contributed by atoms with van der Waals surface area (Å²) in [5.74, 6) is 0.323. The van der Waals surface area contributed by atoms with Gasteiger partial charge in [-0.3, -0.25) is 34.1 Å². The Labute approximate surface area is 238 Å². The molecule has 0 radical (unpaired) electrons. The van der Waals surface area contributed by atoms with Crippen molar-refractivity contribution in [2.24, 2.45) is 5.41 Å². The van der Waals surface area contributed by atoms with Crippen LogP contribution in [-0.4, -0.2) is 95.9 Å². The molecule has 1 spiro atoms. The molecule has 4 fully saturated rings. The van der Waals surface area contributed by atoms with Gasteiger partial charge in [0.05, 0.1) is 17.4 Å². The first-order valence-electron chi connectivity index (χ1n) is 14.4. The molecule has 2 aromatic rings. The number of likely N-dealkylation sites (tertiary alicyclic amines) is 2. The molecule has 40 heavy (non-hydrogen) atoms. The molecule has 1 aromatic heterocycles. The summed E-state index contributed by atoms with van der Waals surface area (Å²) in [4.78, 5) is 57.2. The minimum absolute atomic E-state index is 0.0121. The number of nitrogens with one attached hydrogen (secondary N) is 1. The molecule has 4 aliphatic heterocycles. The van der Waals surface area contributed by atoms with E-state index in [0.717, 1.165) is 55.2 Å². The van der Waals surface area contributed by atoms with Gasteiger partial charge in [-0.2, -0.15) is 0 Å². The smallest absolute Gasteiger partial charge is 0.258 e. The normalized spacial score (nSPS) is 22.1. The topological polar surface area (TPSA) is 102 Å². The number of hydrazine groups is 1. The predicted octanol–water partition coefficient (Wildman–Crippen LogP) is 3.32. The van der Waals surface area contributed by atoms with Crippen LogP contribution in [0.5, 0.6) is 5.75 Å². The van der Waals surface area contributed by atoms with Crippen molar-refractivity contribution in [3.05, 3.63) is 23.8 Å². The van der Waals surface area contributed by atoms with Crippen LogP contribution in [-0.2, 0) is 14.4 Å². The van der Waals surface area contributed by atoms with E-state index in [1.54, 1.807) is 17.1 Å². The largest absolute Gasteiger partial charge is 0.495 e. The van der Waals surface area contributed by atoms with Crippen LogP contribution >= 0.6 is 11.3 Å². The number of piperidine rings is 2. The number of thiophene rings is 1. The monoisotopic (exact) mass is 567 g/mol. The van der Waals surface area contributed by atoms with Crippen molar-refractivity contribution in [3.63, 3.8) is 0 Å². The minimum atomic E-state index is -0.954. The molecule has 0 unspecified atom stereocenters. The second kappa shape index (κ2) is 10.7. The number of rotatable bonds is 4. The molecule has 214 valence electrons. The highest BCUT2D eigenvalue weighted by atomic mass is 32.1. The maximum Gasteiger partial charge on any atom is 0.258 e. The molecule has 0 atom stereocenters. The number of fused-ring (bicyclic) bond motifs is 2. The molecule has 1 N–H and O–H groups in total. The Morgan fingerprint density at radius 3 is 2.33 bits per heavy atom. The van der Waals surface area contributed by atoms with Crippen LogP contribution in [0.15, 0.2) is 18.2 Å². The highest BCUT2D eigenvalue weighted by Gasteiger charge is 2.60. The Morgan fingerprint density at radius 1 is 0.975 bits per heavy atom. The fourth-order valence-corrected chi connectivity index (χ4v) is 8.24. The Kier molecular flexibility index (Phi) is 7.20. The van der Waals surface area contributed by atoms with Crippen molar-refractivity contribution in [1.29, 1.82) is 0 Å². The van der Waals surface area contributed by atoms with E-state index >= 15 is 0 Å². The van der Waals surface area contributed by atoms with Crippen LogP contribution in [0, 0.1) is 5.41 Å². The molecule has 1 aromatic carbocycles. The van der Waals surface area contributed by atoms with Crippen molar-refractivity contribution in [2.75, 3.05) is 51.7 Å². The SMILES string of the molecule is COc1cccc2c(C(=O)N3CCC(N4CCCC5(C4)C(=O)N4CCCCCN4C5=O)CC3)c(NC(C)=O)sc12. The molecular formula is C29H37N5O5S. The second-order valence-corrected chi connectivity index (χ2v) is 12.4. The van der Waals surface area contributed by atoms with Gasteiger partial charge in [-0.1, -0.05) is 12.1 Å². The molecule has 4 saturated heterocycles. The van der Waals surface area contributed by atoms with Crippen molar-refractivity contribution in [3.8, 4) is 5.75 Å². The summed E-state index contributed by atoms with van der Waals surface area (Å²) in [7, 11) is 1.60. The van der Waals surface area contributed by atoms with E-state index in [4.69, 9.17) is 4.74 Å². The van der Waals surface area contributed by atoms with Crippen molar-refractivity contribution in [1.82, 2.24) is 19.8 Å². The van der Waals surface area contributed by atoms with E-state index in [1.165, 1.54) is 18.3 Å². The quantitative estimate of drug-likeness (QED) is 0.569. The van der Waals surface area contributed by atoms with Crippen LogP contribution in [0.2, 0.25) is 0 Å². The lowest BCUT2D eigenvalue weighted by Gasteiger charge is -2.44. The lowest BCUT2D eigenvalue weighted by molar-refractivity contribution is -0.145. The van der Waals surface area contributed by atoms with Gasteiger partial charge in [0.2, 0.25) is 5.91 Å². The third-order valence-corrected chi connectivity index (χ3v) is 10.1. The zero-order chi connectivity index (χ0) is 28.0. The Bertz CT molecular complexity index is 1330. The summed E-state index contributed by atoms with van der Waals surface area (Å²) in [6, 6.07) is 5.82. The Hall–Kier alpha value is -3.18. The van der Waals surface area contributed by atoms with Crippen LogP contribution < -0.4 is 10.1 Å². The summed E-state index contributed by atoms with van der Waals surface area (Å²) < 4.78 is 6.35. The summed E-state index contributed by atoms with van der Waals surface area (Å²) in [5.41, 5.74) is -0.446. The molecule has 4 amide bonds. The first kappa shape index (κ1) is 27.0. The van der Waals surface area contributed by atoms with E-state index < -0.39 is 5.41 Å². The molecule has 4 aliphatic rings. The van der Waals surface area contributed by atoms with Gasteiger partial charge >= 0.3 is 0 Å². The average molecular weight is 568 g/mol. The van der Waals surface area contributed by atoms with Gasteiger partial charge in [0.1, 0.15) is 16.2 Å². The predicted molar refractivity (Wildman–Crippen MR) is 152 cm³/mol. The van der Waals surface area contributed by atoms with E-state index in [-0.39, 0.29) is 29.7 Å². The molecule has 0 saturated carbocycles. The first-order valence-corrected chi connectivity index (χ1v) is 15.2. The zero-order valence-electron chi connectivity index (χ0n) is 23.2. The lowest BCUT2D eigenvalue weighted by Crippen LogP contribution is -2.56. The fourth-order valence-electron chi connectivity index (χ4n) is 7.01. The minimum Gasteiger partial charge on any atom is -0.495 e. The summed E-state index contributed by atoms with van der Waals surface area (Å²) >= 11 is 1.36. The van der Waals surface area contributed by atoms with Crippen LogP contribution in [0.3, 0.4) is 0 Å². The van der Waals surface area contributed by atoms with Gasteiger partial charge in [-0.05, 0) is 57.6 Å². The molecule has 10 nitrogen and oxygen atoms in total. The van der Waals surface area contributed by atoms with Gasteiger partial charge in [-0.15, -0.1) is 11.3 Å². The molecule has 5 heterocycles. The third kappa shape index (κ3) is 4.43. The van der Waals surface area contributed by atoms with Gasteiger partial charge in [0, 0.05) is 51.1 Å². The number of carbonyl (C=O) groups excluding carboxylic acids is 4. The third-order valence-electron chi connectivity index (χ3n) is 9.01. The number of nitrogens with zero attached hydrogens (tertiary/aromatic N) is 4. The standard InChI is InChI=1S/C29H37N5O5S/c1-19(35)30-25-23(21-8-6-9-22(39-2)24(21)40-25)26(36)31-16-10-20(11-17-31)32-13-7-12-29(18-32)27(37)33-14-4-3-5-15-34(33)28(29)38/h6,8-9,20H,3-5,7,10-18H2,1-2H3,(H,30,35). The van der Waals surface area contributed by atoms with Gasteiger partial charge in [0.25, 0.3) is 17.7 Å². The summed E-state index contributed by atoms with van der Waals surface area (Å²) in [5, 5.41) is 7.63. The van der Waals surface area contributed by atoms with Crippen LogP contribution in [0.4, 0.5) is 5.00 Å². The van der Waals surface area contributed by atoms with Crippen molar-refractivity contribution in [2.45, 2.75) is 57.9 Å². The first-order chi connectivity index (χ1) is 19.3. The van der Waals surface area contributed by atoms with E-state index in [2.05, 4.69) is 10.2 Å². The molecule has 6 rings (SSSR count). The van der Waals surface area contributed by atoms with E-state index in [0.29, 0.717) is 55.5 Å². The second-order valence-electron chi connectivity index (χ2n) is 11.4. The highest BCUT2D eigenvalue weighted by Crippen LogP contribution is 2.43. The number of hydrogen-bond donors (Lipinski definition) is 1. The molecule has 0 aliphatic carbocycles. The molecular weight excluding hydrogens is 530 g/mol. The Balaban J connectivity index is 1.17. The van der Waals surface area contributed by atoms with E-state index in [9.17, 15) is 19.2 Å². The van der Waals surface area contributed by atoms with Crippen molar-refractivity contribution < 1.29 is 23.9 Å². The number of ether oxygens (including phenoxy) is 1. The average Bonchev–Trinajstić information content (AvgIpc) is 3.25. The van der Waals surface area contributed by atoms with Crippen LogP contribution in [0.25, 0.3) is 10.1 Å². The maximum absolute atomic E-state index is 13.8. The maximum atomic E-state index is 13.8. The number of hydrogen-bond acceptors (Lipinski definition) is 7. The number of carbonyl (C=O) groups is 4. The summed E-state index contributed by atoms with van der Waals surface area (Å²) in [6.07, 6.45) is 5.92. The zero-order valence-corrected chi connectivity index (χ0v) is 24.1.